The number of β-lactam (4-membered cyclic amide) rings is 1. The molecule has 0 radical (unpaired) electrons. The zero-order valence-electron chi connectivity index (χ0n) is 40.2. The number of hydrogen-bond acceptors (Lipinski definition) is 19. The summed E-state index contributed by atoms with van der Waals surface area (Å²) in [6.07, 6.45) is 0.521. The largest absolute Gasteiger partial charge is 0.485 e. The molecular weight excluding hydrogens is 961 g/mol. The third-order valence-electron chi connectivity index (χ3n) is 9.95. The van der Waals surface area contributed by atoms with E-state index in [2.05, 4.69) is 20.2 Å². The molecule has 2 aromatic carbocycles. The number of carbonyl (C=O) groups is 5. The van der Waals surface area contributed by atoms with Gasteiger partial charge < -0.3 is 23.8 Å². The first-order valence-electron chi connectivity index (χ1n) is 22.0. The van der Waals surface area contributed by atoms with Crippen LogP contribution in [0.5, 0.6) is 11.5 Å². The van der Waals surface area contributed by atoms with E-state index >= 15 is 0 Å². The zero-order chi connectivity index (χ0) is 51.9. The second-order valence-electron chi connectivity index (χ2n) is 18.6. The second-order valence-corrected chi connectivity index (χ2v) is 21.4. The predicted molar refractivity (Wildman–Crippen MR) is 255 cm³/mol. The van der Waals surface area contributed by atoms with Crippen molar-refractivity contribution in [2.45, 2.75) is 105 Å². The molecule has 6 rings (SSSR count). The third-order valence-corrected chi connectivity index (χ3v) is 12.2. The highest BCUT2D eigenvalue weighted by molar-refractivity contribution is 7.90. The molecule has 1 aliphatic rings. The summed E-state index contributed by atoms with van der Waals surface area (Å²) in [5, 5.41) is 19.3. The number of ketones is 1. The number of Topliss-reactive ketones (excluding diaryl/α,β-unsaturated/α-hetero) is 1. The molecule has 0 aliphatic carbocycles. The maximum absolute atomic E-state index is 13.9. The van der Waals surface area contributed by atoms with Gasteiger partial charge in [0, 0.05) is 24.4 Å². The number of esters is 2. The number of amides is 2. The molecule has 0 saturated carbocycles. The Labute approximate surface area is 413 Å². The van der Waals surface area contributed by atoms with Crippen LogP contribution in [0.4, 0.5) is 0 Å². The van der Waals surface area contributed by atoms with Gasteiger partial charge >= 0.3 is 17.6 Å². The monoisotopic (exact) mass is 1010 g/mol. The van der Waals surface area contributed by atoms with Gasteiger partial charge in [-0.2, -0.15) is 5.26 Å². The molecule has 23 heteroatoms. The summed E-state index contributed by atoms with van der Waals surface area (Å²) in [5.41, 5.74) is -3.51. The van der Waals surface area contributed by atoms with Gasteiger partial charge in [-0.1, -0.05) is 65.8 Å². The molecule has 1 aliphatic heterocycles. The molecular formula is C48H52N8O13S2. The van der Waals surface area contributed by atoms with Gasteiger partial charge in [-0.15, -0.1) is 20.5 Å². The minimum Gasteiger partial charge on any atom is -0.485 e. The number of nitriles is 1. The average molecular weight is 1010 g/mol. The summed E-state index contributed by atoms with van der Waals surface area (Å²) in [7, 11) is -4.96. The molecule has 0 spiro atoms. The van der Waals surface area contributed by atoms with Gasteiger partial charge in [0.05, 0.1) is 24.6 Å². The highest BCUT2D eigenvalue weighted by Crippen LogP contribution is 2.32. The third kappa shape index (κ3) is 13.8. The highest BCUT2D eigenvalue weighted by Gasteiger charge is 2.44. The van der Waals surface area contributed by atoms with Crippen LogP contribution in [0, 0.1) is 17.2 Å². The molecule has 0 bridgehead atoms. The molecule has 4 heterocycles. The van der Waals surface area contributed by atoms with E-state index in [1.807, 2.05) is 60.7 Å². The summed E-state index contributed by atoms with van der Waals surface area (Å²) < 4.78 is 51.3. The van der Waals surface area contributed by atoms with Gasteiger partial charge in [0.1, 0.15) is 47.4 Å². The van der Waals surface area contributed by atoms with Crippen molar-refractivity contribution in [3.05, 3.63) is 111 Å². The standard InChI is InChI=1S/C48H52N8O13S2/c1-46(2,3)67-40(59)23-38-51-34(28-70-38)41(53-69-48(7,8)44(61)68-47(4,5)6)35(57)21-32-25-55(43(32)60)39(58)29-71(63,64)56-45(62)54(20-19-49)42(52-56)33-22-36(65-26-30-15-11-9-12-16-30)37(24-50-33)66-27-31-17-13-10-14-18-31/h9-18,22,24,28,32H,20-21,23,25-27,29H2,1-8H3/b53-41-/t32-/m0/s1. The van der Waals surface area contributed by atoms with Crippen molar-refractivity contribution in [2.24, 2.45) is 11.1 Å². The van der Waals surface area contributed by atoms with Crippen LogP contribution in [-0.2, 0) is 74.5 Å². The summed E-state index contributed by atoms with van der Waals surface area (Å²) in [6.45, 7) is 12.0. The van der Waals surface area contributed by atoms with E-state index in [4.69, 9.17) is 23.8 Å². The Bertz CT molecular complexity index is 3050. The first-order chi connectivity index (χ1) is 33.3. The molecule has 374 valence electrons. The van der Waals surface area contributed by atoms with Crippen molar-refractivity contribution >= 4 is 56.6 Å². The molecule has 1 saturated heterocycles. The van der Waals surface area contributed by atoms with E-state index in [0.717, 1.165) is 27.0 Å². The molecule has 0 unspecified atom stereocenters. The number of carbonyl (C=O) groups excluding carboxylic acids is 5. The van der Waals surface area contributed by atoms with Crippen LogP contribution in [0.25, 0.3) is 11.5 Å². The quantitative estimate of drug-likeness (QED) is 0.0439. The van der Waals surface area contributed by atoms with Crippen LogP contribution in [-0.4, -0.2) is 101 Å². The van der Waals surface area contributed by atoms with Crippen LogP contribution in [0.3, 0.4) is 0 Å². The van der Waals surface area contributed by atoms with Crippen molar-refractivity contribution in [1.29, 1.82) is 5.26 Å². The van der Waals surface area contributed by atoms with Crippen LogP contribution in [0.2, 0.25) is 0 Å². The van der Waals surface area contributed by atoms with Crippen molar-refractivity contribution < 1.29 is 56.2 Å². The number of nitrogens with zero attached hydrogens (tertiary/aromatic N) is 8. The van der Waals surface area contributed by atoms with Crippen molar-refractivity contribution in [1.82, 2.24) is 28.6 Å². The van der Waals surface area contributed by atoms with Gasteiger partial charge in [-0.25, -0.2) is 28.0 Å². The molecule has 3 aromatic heterocycles. The number of likely N-dealkylation sites (tertiary alicyclic amines) is 1. The molecule has 2 amide bonds. The predicted octanol–water partition coefficient (Wildman–Crippen LogP) is 4.79. The Balaban J connectivity index is 1.19. The van der Waals surface area contributed by atoms with Crippen LogP contribution >= 0.6 is 11.3 Å². The van der Waals surface area contributed by atoms with Gasteiger partial charge in [-0.05, 0) is 66.5 Å². The van der Waals surface area contributed by atoms with Crippen molar-refractivity contribution in [3.8, 4) is 29.1 Å². The summed E-state index contributed by atoms with van der Waals surface area (Å²) in [6, 6.07) is 21.7. The van der Waals surface area contributed by atoms with E-state index in [0.29, 0.717) is 4.90 Å². The fourth-order valence-electron chi connectivity index (χ4n) is 6.53. The smallest absolute Gasteiger partial charge is 0.361 e. The van der Waals surface area contributed by atoms with E-state index < -0.39 is 98.9 Å². The average Bonchev–Trinajstić information content (AvgIpc) is 3.89. The number of rotatable bonds is 20. The number of oxime groups is 1. The summed E-state index contributed by atoms with van der Waals surface area (Å²) >= 11 is 1.02. The lowest BCUT2D eigenvalue weighted by Gasteiger charge is -2.36. The maximum Gasteiger partial charge on any atom is 0.361 e. The highest BCUT2D eigenvalue weighted by atomic mass is 32.2. The Morgan fingerprint density at radius 3 is 2.06 bits per heavy atom. The number of pyridine rings is 1. The van der Waals surface area contributed by atoms with Crippen LogP contribution in [0.1, 0.15) is 83.6 Å². The number of imide groups is 1. The zero-order valence-corrected chi connectivity index (χ0v) is 41.9. The number of ether oxygens (including phenoxy) is 4. The molecule has 71 heavy (non-hydrogen) atoms. The Kier molecular flexibility index (Phi) is 16.1. The van der Waals surface area contributed by atoms with Gasteiger partial charge in [0.25, 0.3) is 10.0 Å². The SMILES string of the molecule is CC(C)(C)OC(=O)Cc1nc(/C(=N/OC(C)(C)C(=O)OC(C)(C)C)C(=O)C[C@H]2CN(C(=O)CS(=O)(=O)n3nc(-c4cc(OCc5ccccc5)c(OCc5ccccc5)cn4)n(CC#N)c3=O)C2=O)cs1. The number of thiazole rings is 1. The molecule has 1 atom stereocenters. The molecule has 0 N–H and O–H groups in total. The lowest BCUT2D eigenvalue weighted by Crippen LogP contribution is -2.57. The van der Waals surface area contributed by atoms with Gasteiger partial charge in [0.15, 0.2) is 34.6 Å². The van der Waals surface area contributed by atoms with Crippen LogP contribution in [0.15, 0.2) is 88.3 Å². The molecule has 21 nitrogen and oxygen atoms in total. The van der Waals surface area contributed by atoms with Crippen molar-refractivity contribution in [2.75, 3.05) is 12.3 Å². The molecule has 5 aromatic rings. The van der Waals surface area contributed by atoms with Gasteiger partial charge in [-0.3, -0.25) is 28.6 Å². The first kappa shape index (κ1) is 52.8. The summed E-state index contributed by atoms with van der Waals surface area (Å²) in [4.78, 5) is 94.8. The lowest BCUT2D eigenvalue weighted by molar-refractivity contribution is -0.179. The Morgan fingerprint density at radius 1 is 0.873 bits per heavy atom. The Morgan fingerprint density at radius 2 is 1.48 bits per heavy atom. The van der Waals surface area contributed by atoms with E-state index in [9.17, 15) is 42.4 Å². The molecule has 1 fully saturated rings. The minimum absolute atomic E-state index is 0.0385. The normalized spacial score (nSPS) is 14.2. The number of hydrogen-bond donors (Lipinski definition) is 0. The van der Waals surface area contributed by atoms with E-state index in [1.165, 1.54) is 31.5 Å². The van der Waals surface area contributed by atoms with Gasteiger partial charge in [0.2, 0.25) is 17.4 Å². The maximum atomic E-state index is 13.9. The second kappa shape index (κ2) is 21.6. The fourth-order valence-corrected chi connectivity index (χ4v) is 8.42. The topological polar surface area (TPSA) is 271 Å². The number of benzene rings is 2. The number of aromatic nitrogens is 5. The lowest BCUT2D eigenvalue weighted by atomic mass is 9.91. The van der Waals surface area contributed by atoms with E-state index in [1.54, 1.807) is 47.6 Å². The van der Waals surface area contributed by atoms with Crippen molar-refractivity contribution in [3.63, 3.8) is 0 Å². The fraction of sp³-hybridized carbons (Fsp3) is 0.396. The first-order valence-corrected chi connectivity index (χ1v) is 24.5. The van der Waals surface area contributed by atoms with Crippen LogP contribution < -0.4 is 15.2 Å². The Hall–Kier alpha value is -7.58. The minimum atomic E-state index is -4.96. The van der Waals surface area contributed by atoms with E-state index in [-0.39, 0.29) is 57.4 Å². The summed E-state index contributed by atoms with van der Waals surface area (Å²) in [5.74, 6) is -6.80.